The Labute approximate surface area is 125 Å². The van der Waals surface area contributed by atoms with Gasteiger partial charge in [-0.05, 0) is 12.1 Å². The molecule has 6 nitrogen and oxygen atoms in total. The van der Waals surface area contributed by atoms with E-state index in [1.165, 1.54) is 10.8 Å². The third-order valence-corrected chi connectivity index (χ3v) is 4.08. The normalized spacial score (nSPS) is 32.4. The fourth-order valence-electron chi connectivity index (χ4n) is 2.56. The van der Waals surface area contributed by atoms with Crippen LogP contribution < -0.4 is 0 Å². The number of pyridine rings is 1. The standard InChI is InChI=1S/C14H13ClN2O4/c1-2-14(20)10(7-18)21-13(11(14)19)17-6-4-8-9(15)3-5-16-12(8)17/h1,3-6,10-11,13,18-20H,7H2/t10-,11+,13-,14-/m1/s1. The summed E-state index contributed by atoms with van der Waals surface area (Å²) in [5.41, 5.74) is -1.47. The predicted molar refractivity (Wildman–Crippen MR) is 75.5 cm³/mol. The van der Waals surface area contributed by atoms with Crippen molar-refractivity contribution in [3.8, 4) is 12.3 Å². The average Bonchev–Trinajstić information content (AvgIpc) is 3.01. The minimum atomic E-state index is -1.96. The topological polar surface area (TPSA) is 87.7 Å². The van der Waals surface area contributed by atoms with E-state index in [1.54, 1.807) is 18.3 Å². The molecule has 0 saturated carbocycles. The van der Waals surface area contributed by atoms with Crippen LogP contribution in [0.25, 0.3) is 11.0 Å². The molecule has 110 valence electrons. The molecule has 3 heterocycles. The van der Waals surface area contributed by atoms with Gasteiger partial charge in [0.2, 0.25) is 0 Å². The highest BCUT2D eigenvalue weighted by Gasteiger charge is 2.55. The molecular formula is C14H13ClN2O4. The van der Waals surface area contributed by atoms with E-state index in [0.717, 1.165) is 0 Å². The first-order valence-corrected chi connectivity index (χ1v) is 6.66. The summed E-state index contributed by atoms with van der Waals surface area (Å²) in [4.78, 5) is 4.20. The smallest absolute Gasteiger partial charge is 0.183 e. The molecular weight excluding hydrogens is 296 g/mol. The lowest BCUT2D eigenvalue weighted by atomic mass is 9.93. The Morgan fingerprint density at radius 2 is 2.29 bits per heavy atom. The number of fused-ring (bicyclic) bond motifs is 1. The van der Waals surface area contributed by atoms with E-state index in [1.807, 2.05) is 0 Å². The Kier molecular flexibility index (Phi) is 3.40. The molecule has 1 fully saturated rings. The van der Waals surface area contributed by atoms with Crippen molar-refractivity contribution in [1.82, 2.24) is 9.55 Å². The lowest BCUT2D eigenvalue weighted by Gasteiger charge is -2.24. The van der Waals surface area contributed by atoms with Crippen LogP contribution in [0.4, 0.5) is 0 Å². The Morgan fingerprint density at radius 3 is 2.90 bits per heavy atom. The molecule has 0 spiro atoms. The van der Waals surface area contributed by atoms with Crippen molar-refractivity contribution in [2.75, 3.05) is 6.61 Å². The number of rotatable bonds is 2. The summed E-state index contributed by atoms with van der Waals surface area (Å²) in [7, 11) is 0. The van der Waals surface area contributed by atoms with Gasteiger partial charge >= 0.3 is 0 Å². The summed E-state index contributed by atoms with van der Waals surface area (Å²) < 4.78 is 7.04. The van der Waals surface area contributed by atoms with E-state index in [2.05, 4.69) is 10.9 Å². The highest BCUT2D eigenvalue weighted by molar-refractivity contribution is 6.35. The monoisotopic (exact) mass is 308 g/mol. The molecule has 2 aromatic rings. The van der Waals surface area contributed by atoms with Crippen molar-refractivity contribution >= 4 is 22.6 Å². The van der Waals surface area contributed by atoms with E-state index >= 15 is 0 Å². The number of ether oxygens (including phenoxy) is 1. The van der Waals surface area contributed by atoms with Gasteiger partial charge in [-0.25, -0.2) is 4.98 Å². The van der Waals surface area contributed by atoms with Crippen LogP contribution in [-0.2, 0) is 4.74 Å². The maximum atomic E-state index is 10.3. The average molecular weight is 309 g/mol. The number of hydrogen-bond donors (Lipinski definition) is 3. The van der Waals surface area contributed by atoms with Crippen molar-refractivity contribution in [1.29, 1.82) is 0 Å². The van der Waals surface area contributed by atoms with Gasteiger partial charge in [0.15, 0.2) is 11.8 Å². The van der Waals surface area contributed by atoms with Crippen LogP contribution >= 0.6 is 11.6 Å². The van der Waals surface area contributed by atoms with Crippen molar-refractivity contribution in [3.63, 3.8) is 0 Å². The predicted octanol–water partition coefficient (Wildman–Crippen LogP) is 0.305. The Balaban J connectivity index is 2.08. The highest BCUT2D eigenvalue weighted by Crippen LogP contribution is 2.38. The zero-order valence-corrected chi connectivity index (χ0v) is 11.6. The van der Waals surface area contributed by atoms with Crippen LogP contribution in [0.2, 0.25) is 5.02 Å². The third kappa shape index (κ3) is 1.94. The molecule has 0 unspecified atom stereocenters. The minimum Gasteiger partial charge on any atom is -0.394 e. The van der Waals surface area contributed by atoms with Gasteiger partial charge in [-0.1, -0.05) is 17.5 Å². The second-order valence-corrected chi connectivity index (χ2v) is 5.27. The third-order valence-electron chi connectivity index (χ3n) is 3.75. The largest absolute Gasteiger partial charge is 0.394 e. The maximum Gasteiger partial charge on any atom is 0.183 e. The molecule has 1 aliphatic rings. The van der Waals surface area contributed by atoms with E-state index in [-0.39, 0.29) is 0 Å². The van der Waals surface area contributed by atoms with Gasteiger partial charge in [0, 0.05) is 17.8 Å². The summed E-state index contributed by atoms with van der Waals surface area (Å²) in [5, 5.41) is 31.1. The Morgan fingerprint density at radius 1 is 1.52 bits per heavy atom. The van der Waals surface area contributed by atoms with Gasteiger partial charge < -0.3 is 24.6 Å². The van der Waals surface area contributed by atoms with Gasteiger partial charge in [0.1, 0.15) is 17.9 Å². The second-order valence-electron chi connectivity index (χ2n) is 4.87. The van der Waals surface area contributed by atoms with Crippen LogP contribution in [0.1, 0.15) is 6.23 Å². The first kappa shape index (κ1) is 14.3. The van der Waals surface area contributed by atoms with E-state index in [9.17, 15) is 15.3 Å². The van der Waals surface area contributed by atoms with E-state index in [0.29, 0.717) is 16.1 Å². The van der Waals surface area contributed by atoms with Crippen LogP contribution in [0.5, 0.6) is 0 Å². The van der Waals surface area contributed by atoms with Crippen molar-refractivity contribution < 1.29 is 20.1 Å². The van der Waals surface area contributed by atoms with Gasteiger partial charge in [0.25, 0.3) is 0 Å². The summed E-state index contributed by atoms with van der Waals surface area (Å²) in [6.07, 6.45) is 4.98. The molecule has 0 aliphatic carbocycles. The zero-order chi connectivity index (χ0) is 15.2. The Hall–Kier alpha value is -1.62. The van der Waals surface area contributed by atoms with E-state index in [4.69, 9.17) is 22.8 Å². The number of aliphatic hydroxyl groups is 3. The first-order valence-electron chi connectivity index (χ1n) is 6.28. The van der Waals surface area contributed by atoms with E-state index < -0.39 is 30.6 Å². The van der Waals surface area contributed by atoms with Crippen molar-refractivity contribution in [2.45, 2.75) is 24.0 Å². The molecule has 1 saturated heterocycles. The lowest BCUT2D eigenvalue weighted by molar-refractivity contribution is -0.0604. The fourth-order valence-corrected chi connectivity index (χ4v) is 2.77. The SMILES string of the molecule is C#C[C@@]1(O)[C@@H](CO)O[C@@H](n2ccc3c(Cl)ccnc32)[C@@H]1O. The molecule has 0 bridgehead atoms. The molecule has 2 aromatic heterocycles. The molecule has 3 rings (SSSR count). The number of nitrogens with zero attached hydrogens (tertiary/aromatic N) is 2. The molecule has 1 aliphatic heterocycles. The van der Waals surface area contributed by atoms with Crippen molar-refractivity contribution in [2.24, 2.45) is 0 Å². The zero-order valence-electron chi connectivity index (χ0n) is 10.8. The van der Waals surface area contributed by atoms with Crippen LogP contribution in [0, 0.1) is 12.3 Å². The fraction of sp³-hybridized carbons (Fsp3) is 0.357. The van der Waals surface area contributed by atoms with Crippen molar-refractivity contribution in [3.05, 3.63) is 29.5 Å². The Bertz CT molecular complexity index is 725. The number of aliphatic hydroxyl groups excluding tert-OH is 2. The first-order chi connectivity index (χ1) is 10.0. The van der Waals surface area contributed by atoms with Crippen LogP contribution in [0.15, 0.2) is 24.5 Å². The van der Waals surface area contributed by atoms with Crippen LogP contribution in [-0.4, -0.2) is 49.3 Å². The van der Waals surface area contributed by atoms with Gasteiger partial charge in [-0.3, -0.25) is 0 Å². The maximum absolute atomic E-state index is 10.3. The summed E-state index contributed by atoms with van der Waals surface area (Å²) in [6, 6.07) is 3.37. The molecule has 3 N–H and O–H groups in total. The number of terminal acetylenes is 1. The minimum absolute atomic E-state index is 0.490. The lowest BCUT2D eigenvalue weighted by Crippen LogP contribution is -2.47. The summed E-state index contributed by atoms with van der Waals surface area (Å²) in [5.74, 6) is 2.10. The molecule has 4 atom stereocenters. The van der Waals surface area contributed by atoms with Gasteiger partial charge in [-0.2, -0.15) is 0 Å². The number of aromatic nitrogens is 2. The molecule has 0 aromatic carbocycles. The van der Waals surface area contributed by atoms with Gasteiger partial charge in [0.05, 0.1) is 11.6 Å². The molecule has 0 radical (unpaired) electrons. The number of hydrogen-bond acceptors (Lipinski definition) is 5. The molecule has 0 amide bonds. The molecule has 21 heavy (non-hydrogen) atoms. The quantitative estimate of drug-likeness (QED) is 0.695. The second kappa shape index (κ2) is 4.98. The van der Waals surface area contributed by atoms with Gasteiger partial charge in [-0.15, -0.1) is 6.42 Å². The summed E-state index contributed by atoms with van der Waals surface area (Å²) >= 11 is 6.07. The van der Waals surface area contributed by atoms with Crippen LogP contribution in [0.3, 0.4) is 0 Å². The highest BCUT2D eigenvalue weighted by atomic mass is 35.5. The summed E-state index contributed by atoms with van der Waals surface area (Å²) in [6.45, 7) is -0.512. The molecule has 7 heteroatoms. The number of halogens is 1.